The Balaban J connectivity index is 1.89. The van der Waals surface area contributed by atoms with E-state index < -0.39 is 5.79 Å². The van der Waals surface area contributed by atoms with Crippen LogP contribution in [0.4, 0.5) is 0 Å². The highest BCUT2D eigenvalue weighted by Gasteiger charge is 2.45. The third kappa shape index (κ3) is 2.78. The molecule has 1 N–H and O–H groups in total. The highest BCUT2D eigenvalue weighted by Crippen LogP contribution is 2.31. The molecular weight excluding hydrogens is 220 g/mol. The summed E-state index contributed by atoms with van der Waals surface area (Å²) < 4.78 is 11.3. The summed E-state index contributed by atoms with van der Waals surface area (Å²) in [5.41, 5.74) is 0. The summed E-state index contributed by atoms with van der Waals surface area (Å²) in [5, 5.41) is 2.94. The molecule has 2 fully saturated rings. The standard InChI is InChI=1S/C12H22N2O3/c1-9(2)13-11(15)10(3)14-5-4-12(8-14)16-6-7-17-12/h9-10H,4-8H2,1-3H3,(H,13,15). The normalized spacial score (nSPS) is 25.6. The predicted octanol–water partition coefficient (Wildman–Crippen LogP) is 0.348. The first kappa shape index (κ1) is 12.8. The van der Waals surface area contributed by atoms with Crippen molar-refractivity contribution in [2.45, 2.75) is 45.1 Å². The topological polar surface area (TPSA) is 50.8 Å². The fourth-order valence-electron chi connectivity index (χ4n) is 2.42. The van der Waals surface area contributed by atoms with Gasteiger partial charge < -0.3 is 14.8 Å². The molecule has 1 amide bonds. The third-order valence-corrected chi connectivity index (χ3v) is 3.40. The summed E-state index contributed by atoms with van der Waals surface area (Å²) in [6.07, 6.45) is 0.853. The number of nitrogens with one attached hydrogen (secondary N) is 1. The molecular formula is C12H22N2O3. The first-order valence-electron chi connectivity index (χ1n) is 6.35. The number of rotatable bonds is 3. The van der Waals surface area contributed by atoms with E-state index in [0.29, 0.717) is 19.8 Å². The molecule has 2 rings (SSSR count). The van der Waals surface area contributed by atoms with Crippen LogP contribution in [0.1, 0.15) is 27.2 Å². The molecule has 2 heterocycles. The zero-order valence-corrected chi connectivity index (χ0v) is 10.9. The maximum Gasteiger partial charge on any atom is 0.237 e. The first-order valence-corrected chi connectivity index (χ1v) is 6.35. The van der Waals surface area contributed by atoms with Gasteiger partial charge >= 0.3 is 0 Å². The summed E-state index contributed by atoms with van der Waals surface area (Å²) >= 11 is 0. The maximum atomic E-state index is 11.9. The first-order chi connectivity index (χ1) is 8.02. The molecule has 0 aromatic carbocycles. The minimum absolute atomic E-state index is 0.0787. The van der Waals surface area contributed by atoms with Crippen LogP contribution in [-0.4, -0.2) is 55.0 Å². The van der Waals surface area contributed by atoms with Crippen LogP contribution >= 0.6 is 0 Å². The smallest absolute Gasteiger partial charge is 0.237 e. The molecule has 5 nitrogen and oxygen atoms in total. The maximum absolute atomic E-state index is 11.9. The molecule has 1 unspecified atom stereocenters. The zero-order valence-electron chi connectivity index (χ0n) is 10.9. The zero-order chi connectivity index (χ0) is 12.5. The van der Waals surface area contributed by atoms with E-state index in [9.17, 15) is 4.79 Å². The molecule has 0 aliphatic carbocycles. The van der Waals surface area contributed by atoms with Gasteiger partial charge in [-0.05, 0) is 20.8 Å². The third-order valence-electron chi connectivity index (χ3n) is 3.40. The summed E-state index contributed by atoms with van der Waals surface area (Å²) in [4.78, 5) is 14.0. The van der Waals surface area contributed by atoms with E-state index in [4.69, 9.17) is 9.47 Å². The van der Waals surface area contributed by atoms with E-state index >= 15 is 0 Å². The van der Waals surface area contributed by atoms with Gasteiger partial charge in [0.2, 0.25) is 5.91 Å². The SMILES string of the molecule is CC(C)NC(=O)C(C)N1CCC2(C1)OCCO2. The quantitative estimate of drug-likeness (QED) is 0.776. The Bertz CT molecular complexity index is 287. The lowest BCUT2D eigenvalue weighted by Crippen LogP contribution is -2.47. The second kappa shape index (κ2) is 4.92. The fraction of sp³-hybridized carbons (Fsp3) is 0.917. The highest BCUT2D eigenvalue weighted by atomic mass is 16.7. The molecule has 17 heavy (non-hydrogen) atoms. The average molecular weight is 242 g/mol. The molecule has 2 aliphatic heterocycles. The summed E-state index contributed by atoms with van der Waals surface area (Å²) in [5.74, 6) is -0.359. The monoisotopic (exact) mass is 242 g/mol. The predicted molar refractivity (Wildman–Crippen MR) is 63.6 cm³/mol. The van der Waals surface area contributed by atoms with E-state index in [2.05, 4.69) is 10.2 Å². The number of ether oxygens (including phenoxy) is 2. The van der Waals surface area contributed by atoms with Gasteiger partial charge in [0.05, 0.1) is 25.8 Å². The van der Waals surface area contributed by atoms with Gasteiger partial charge in [0, 0.05) is 19.0 Å². The van der Waals surface area contributed by atoms with Crippen molar-refractivity contribution in [3.63, 3.8) is 0 Å². The van der Waals surface area contributed by atoms with Crippen molar-refractivity contribution in [2.24, 2.45) is 0 Å². The van der Waals surface area contributed by atoms with Gasteiger partial charge in [0.25, 0.3) is 0 Å². The van der Waals surface area contributed by atoms with Gasteiger partial charge in [-0.3, -0.25) is 9.69 Å². The van der Waals surface area contributed by atoms with E-state index in [1.165, 1.54) is 0 Å². The van der Waals surface area contributed by atoms with Gasteiger partial charge in [-0.25, -0.2) is 0 Å². The molecule has 2 aliphatic rings. The number of carbonyl (C=O) groups excluding carboxylic acids is 1. The molecule has 1 atom stereocenters. The van der Waals surface area contributed by atoms with Crippen molar-refractivity contribution < 1.29 is 14.3 Å². The Morgan fingerprint density at radius 2 is 1.94 bits per heavy atom. The molecule has 0 bridgehead atoms. The van der Waals surface area contributed by atoms with Crippen LogP contribution < -0.4 is 5.32 Å². The van der Waals surface area contributed by atoms with Crippen LogP contribution in [0.25, 0.3) is 0 Å². The summed E-state index contributed by atoms with van der Waals surface area (Å²) in [6, 6.07) is 0.0602. The van der Waals surface area contributed by atoms with Crippen molar-refractivity contribution in [1.82, 2.24) is 10.2 Å². The van der Waals surface area contributed by atoms with Crippen LogP contribution in [0.3, 0.4) is 0 Å². The number of carbonyl (C=O) groups is 1. The Morgan fingerprint density at radius 1 is 1.29 bits per heavy atom. The van der Waals surface area contributed by atoms with Gasteiger partial charge in [-0.2, -0.15) is 0 Å². The Morgan fingerprint density at radius 3 is 2.53 bits per heavy atom. The fourth-order valence-corrected chi connectivity index (χ4v) is 2.42. The van der Waals surface area contributed by atoms with Crippen LogP contribution in [0.2, 0.25) is 0 Å². The Kier molecular flexibility index (Phi) is 3.70. The molecule has 0 saturated carbocycles. The van der Waals surface area contributed by atoms with Crippen molar-refractivity contribution >= 4 is 5.91 Å². The van der Waals surface area contributed by atoms with Crippen LogP contribution in [0, 0.1) is 0 Å². The van der Waals surface area contributed by atoms with Gasteiger partial charge in [0.15, 0.2) is 5.79 Å². The lowest BCUT2D eigenvalue weighted by molar-refractivity contribution is -0.148. The highest BCUT2D eigenvalue weighted by molar-refractivity contribution is 5.81. The van der Waals surface area contributed by atoms with Gasteiger partial charge in [0.1, 0.15) is 0 Å². The molecule has 1 spiro atoms. The molecule has 0 radical (unpaired) electrons. The summed E-state index contributed by atoms with van der Waals surface area (Å²) in [7, 11) is 0. The lowest BCUT2D eigenvalue weighted by Gasteiger charge is -2.26. The van der Waals surface area contributed by atoms with Crippen LogP contribution in [-0.2, 0) is 14.3 Å². The van der Waals surface area contributed by atoms with E-state index in [0.717, 1.165) is 13.0 Å². The van der Waals surface area contributed by atoms with Crippen molar-refractivity contribution in [1.29, 1.82) is 0 Å². The minimum Gasteiger partial charge on any atom is -0.353 e. The Hall–Kier alpha value is -0.650. The van der Waals surface area contributed by atoms with E-state index in [1.54, 1.807) is 0 Å². The summed E-state index contributed by atoms with van der Waals surface area (Å²) in [6.45, 7) is 8.76. The van der Waals surface area contributed by atoms with E-state index in [-0.39, 0.29) is 18.0 Å². The molecule has 0 aromatic heterocycles. The Labute approximate surface area is 102 Å². The van der Waals surface area contributed by atoms with Gasteiger partial charge in [-0.15, -0.1) is 0 Å². The number of likely N-dealkylation sites (tertiary alicyclic amines) is 1. The number of hydrogen-bond acceptors (Lipinski definition) is 4. The largest absolute Gasteiger partial charge is 0.353 e. The second-order valence-electron chi connectivity index (χ2n) is 5.17. The van der Waals surface area contributed by atoms with Crippen LogP contribution in [0.15, 0.2) is 0 Å². The molecule has 0 aromatic rings. The number of amides is 1. The minimum atomic E-state index is -0.438. The number of hydrogen-bond donors (Lipinski definition) is 1. The van der Waals surface area contributed by atoms with Crippen molar-refractivity contribution in [2.75, 3.05) is 26.3 Å². The number of nitrogens with zero attached hydrogens (tertiary/aromatic N) is 1. The van der Waals surface area contributed by atoms with E-state index in [1.807, 2.05) is 20.8 Å². The second-order valence-corrected chi connectivity index (χ2v) is 5.17. The lowest BCUT2D eigenvalue weighted by atomic mass is 10.2. The van der Waals surface area contributed by atoms with Crippen molar-refractivity contribution in [3.05, 3.63) is 0 Å². The molecule has 98 valence electrons. The average Bonchev–Trinajstić information content (AvgIpc) is 2.88. The van der Waals surface area contributed by atoms with Crippen molar-refractivity contribution in [3.8, 4) is 0 Å². The van der Waals surface area contributed by atoms with Gasteiger partial charge in [-0.1, -0.05) is 0 Å². The molecule has 5 heteroatoms. The molecule has 2 saturated heterocycles. The van der Waals surface area contributed by atoms with Crippen LogP contribution in [0.5, 0.6) is 0 Å².